The first-order valence-electron chi connectivity index (χ1n) is 7.20. The molecule has 0 saturated carbocycles. The molecule has 0 fully saturated rings. The fourth-order valence-electron chi connectivity index (χ4n) is 2.54. The average Bonchev–Trinajstić information content (AvgIpc) is 2.53. The maximum atomic E-state index is 9.30. The maximum Gasteiger partial charge on any atom is 0.144 e. The van der Waals surface area contributed by atoms with Gasteiger partial charge in [0, 0.05) is 11.9 Å². The number of hydrogen-bond donors (Lipinski definition) is 1. The first kappa shape index (κ1) is 13.5. The van der Waals surface area contributed by atoms with Crippen molar-refractivity contribution in [3.8, 4) is 6.07 Å². The van der Waals surface area contributed by atoms with E-state index in [4.69, 9.17) is 0 Å². The molecule has 0 aliphatic heterocycles. The largest absolute Gasteiger partial charge is 0.363 e. The monoisotopic (exact) mass is 279 g/mol. The molecule has 1 aliphatic rings. The zero-order chi connectivity index (χ0) is 14.7. The van der Waals surface area contributed by atoms with Crippen molar-refractivity contribution >= 4 is 5.82 Å². The molecule has 0 bridgehead atoms. The van der Waals surface area contributed by atoms with Crippen LogP contribution in [0.15, 0.2) is 18.5 Å². The molecule has 2 aromatic heterocycles. The molecule has 5 nitrogen and oxygen atoms in total. The topological polar surface area (TPSA) is 74.5 Å². The van der Waals surface area contributed by atoms with Crippen LogP contribution in [0.3, 0.4) is 0 Å². The van der Waals surface area contributed by atoms with Crippen molar-refractivity contribution in [2.75, 3.05) is 5.32 Å². The van der Waals surface area contributed by atoms with Crippen molar-refractivity contribution in [1.29, 1.82) is 5.26 Å². The maximum absolute atomic E-state index is 9.30. The first-order valence-corrected chi connectivity index (χ1v) is 7.20. The lowest BCUT2D eigenvalue weighted by atomic mass is 9.95. The second-order valence-corrected chi connectivity index (χ2v) is 5.31. The summed E-state index contributed by atoms with van der Waals surface area (Å²) in [4.78, 5) is 13.2. The second kappa shape index (κ2) is 5.88. The Morgan fingerprint density at radius 3 is 2.86 bits per heavy atom. The van der Waals surface area contributed by atoms with Crippen LogP contribution in [0.25, 0.3) is 0 Å². The summed E-state index contributed by atoms with van der Waals surface area (Å²) in [6.07, 6.45) is 7.87. The SMILES string of the molecule is Cc1cnc(CNc2nc3c(cc2C#N)CCCC3)cn1. The predicted octanol–water partition coefficient (Wildman–Crippen LogP) is 2.54. The van der Waals surface area contributed by atoms with Crippen molar-refractivity contribution in [3.63, 3.8) is 0 Å². The van der Waals surface area contributed by atoms with Crippen LogP contribution in [-0.2, 0) is 19.4 Å². The molecule has 0 amide bonds. The van der Waals surface area contributed by atoms with E-state index in [2.05, 4.69) is 26.3 Å². The highest BCUT2D eigenvalue weighted by Gasteiger charge is 2.15. The number of hydrogen-bond acceptors (Lipinski definition) is 5. The number of anilines is 1. The summed E-state index contributed by atoms with van der Waals surface area (Å²) >= 11 is 0. The van der Waals surface area contributed by atoms with Crippen LogP contribution in [0.2, 0.25) is 0 Å². The van der Waals surface area contributed by atoms with Crippen molar-refractivity contribution in [1.82, 2.24) is 15.0 Å². The van der Waals surface area contributed by atoms with Crippen LogP contribution in [0, 0.1) is 18.3 Å². The lowest BCUT2D eigenvalue weighted by Crippen LogP contribution is -2.11. The van der Waals surface area contributed by atoms with Crippen molar-refractivity contribution < 1.29 is 0 Å². The Bertz CT molecular complexity index is 685. The summed E-state index contributed by atoms with van der Waals surface area (Å²) in [5.41, 5.74) is 4.68. The number of aromatic nitrogens is 3. The molecule has 0 radical (unpaired) electrons. The summed E-state index contributed by atoms with van der Waals surface area (Å²) in [7, 11) is 0. The van der Waals surface area contributed by atoms with Crippen LogP contribution < -0.4 is 5.32 Å². The van der Waals surface area contributed by atoms with Gasteiger partial charge in [-0.3, -0.25) is 9.97 Å². The van der Waals surface area contributed by atoms with E-state index in [1.807, 2.05) is 13.0 Å². The predicted molar refractivity (Wildman–Crippen MR) is 79.7 cm³/mol. The molecule has 0 saturated heterocycles. The van der Waals surface area contributed by atoms with E-state index in [-0.39, 0.29) is 0 Å². The number of pyridine rings is 1. The minimum atomic E-state index is 0.522. The Morgan fingerprint density at radius 1 is 1.24 bits per heavy atom. The molecule has 3 rings (SSSR count). The fourth-order valence-corrected chi connectivity index (χ4v) is 2.54. The third-order valence-electron chi connectivity index (χ3n) is 3.69. The number of nitriles is 1. The van der Waals surface area contributed by atoms with Crippen LogP contribution >= 0.6 is 0 Å². The smallest absolute Gasteiger partial charge is 0.144 e. The van der Waals surface area contributed by atoms with Gasteiger partial charge in [-0.05, 0) is 44.2 Å². The van der Waals surface area contributed by atoms with Crippen molar-refractivity contribution in [3.05, 3.63) is 46.7 Å². The average molecular weight is 279 g/mol. The molecule has 1 aliphatic carbocycles. The molecule has 106 valence electrons. The van der Waals surface area contributed by atoms with Crippen molar-refractivity contribution in [2.24, 2.45) is 0 Å². The van der Waals surface area contributed by atoms with Gasteiger partial charge in [-0.2, -0.15) is 5.26 Å². The van der Waals surface area contributed by atoms with E-state index >= 15 is 0 Å². The van der Waals surface area contributed by atoms with Crippen molar-refractivity contribution in [2.45, 2.75) is 39.2 Å². The molecular weight excluding hydrogens is 262 g/mol. The lowest BCUT2D eigenvalue weighted by molar-refractivity contribution is 0.668. The molecule has 5 heteroatoms. The van der Waals surface area contributed by atoms with E-state index in [0.29, 0.717) is 17.9 Å². The summed E-state index contributed by atoms with van der Waals surface area (Å²) in [5.74, 6) is 0.653. The summed E-state index contributed by atoms with van der Waals surface area (Å²) in [6.45, 7) is 2.43. The zero-order valence-corrected chi connectivity index (χ0v) is 12.1. The molecule has 2 heterocycles. The Labute approximate surface area is 124 Å². The number of aryl methyl sites for hydroxylation is 3. The molecule has 0 aromatic carbocycles. The highest BCUT2D eigenvalue weighted by molar-refractivity contribution is 5.54. The number of rotatable bonds is 3. The minimum absolute atomic E-state index is 0.522. The van der Waals surface area contributed by atoms with Gasteiger partial charge in [0.2, 0.25) is 0 Å². The molecule has 21 heavy (non-hydrogen) atoms. The Hall–Kier alpha value is -2.48. The quantitative estimate of drug-likeness (QED) is 0.934. The van der Waals surface area contributed by atoms with Gasteiger partial charge >= 0.3 is 0 Å². The molecule has 2 aromatic rings. The summed E-state index contributed by atoms with van der Waals surface area (Å²) in [6, 6.07) is 4.21. The molecular formula is C16H17N5. The van der Waals surface area contributed by atoms with E-state index in [1.54, 1.807) is 12.4 Å². The highest BCUT2D eigenvalue weighted by atomic mass is 15.0. The van der Waals surface area contributed by atoms with E-state index in [9.17, 15) is 5.26 Å². The van der Waals surface area contributed by atoms with Gasteiger partial charge in [0.15, 0.2) is 0 Å². The lowest BCUT2D eigenvalue weighted by Gasteiger charge is -2.17. The molecule has 0 unspecified atom stereocenters. The van der Waals surface area contributed by atoms with Crippen LogP contribution in [0.1, 0.15) is 41.1 Å². The van der Waals surface area contributed by atoms with E-state index in [0.717, 1.165) is 29.9 Å². The summed E-state index contributed by atoms with van der Waals surface area (Å²) < 4.78 is 0. The van der Waals surface area contributed by atoms with Gasteiger partial charge in [0.1, 0.15) is 11.9 Å². The van der Waals surface area contributed by atoms with Crippen LogP contribution in [-0.4, -0.2) is 15.0 Å². The van der Waals surface area contributed by atoms with Gasteiger partial charge in [-0.25, -0.2) is 4.98 Å². The van der Waals surface area contributed by atoms with Crippen LogP contribution in [0.5, 0.6) is 0 Å². The highest BCUT2D eigenvalue weighted by Crippen LogP contribution is 2.24. The Balaban J connectivity index is 1.81. The second-order valence-electron chi connectivity index (χ2n) is 5.31. The molecule has 0 atom stereocenters. The normalized spacial score (nSPS) is 13.3. The number of nitrogens with one attached hydrogen (secondary N) is 1. The van der Waals surface area contributed by atoms with Gasteiger partial charge in [0.25, 0.3) is 0 Å². The fraction of sp³-hybridized carbons (Fsp3) is 0.375. The zero-order valence-electron chi connectivity index (χ0n) is 12.1. The van der Waals surface area contributed by atoms with E-state index < -0.39 is 0 Å². The molecule has 1 N–H and O–H groups in total. The van der Waals surface area contributed by atoms with Crippen LogP contribution in [0.4, 0.5) is 5.82 Å². The van der Waals surface area contributed by atoms with Gasteiger partial charge in [-0.15, -0.1) is 0 Å². The number of nitrogens with zero attached hydrogens (tertiary/aromatic N) is 4. The van der Waals surface area contributed by atoms with Gasteiger partial charge < -0.3 is 5.32 Å². The Kier molecular flexibility index (Phi) is 3.78. The Morgan fingerprint density at radius 2 is 2.10 bits per heavy atom. The minimum Gasteiger partial charge on any atom is -0.363 e. The molecule has 0 spiro atoms. The summed E-state index contributed by atoms with van der Waals surface area (Å²) in [5, 5.41) is 12.5. The number of fused-ring (bicyclic) bond motifs is 1. The standard InChI is InChI=1S/C16H17N5/c1-11-8-19-14(9-18-11)10-20-16-13(7-17)6-12-4-2-3-5-15(12)21-16/h6,8-9H,2-5,10H2,1H3,(H,20,21). The first-order chi connectivity index (χ1) is 10.3. The third kappa shape index (κ3) is 3.00. The third-order valence-corrected chi connectivity index (χ3v) is 3.69. The van der Waals surface area contributed by atoms with Gasteiger partial charge in [-0.1, -0.05) is 0 Å². The van der Waals surface area contributed by atoms with E-state index in [1.165, 1.54) is 18.4 Å². The van der Waals surface area contributed by atoms with Gasteiger partial charge in [0.05, 0.1) is 29.7 Å².